The Bertz CT molecular complexity index is 1240. The first-order valence-corrected chi connectivity index (χ1v) is 18.7. The number of fused-ring (bicyclic) bond motifs is 2. The van der Waals surface area contributed by atoms with Gasteiger partial charge in [-0.15, -0.1) is 0 Å². The summed E-state index contributed by atoms with van der Waals surface area (Å²) in [6, 6.07) is 7.37. The van der Waals surface area contributed by atoms with Crippen molar-refractivity contribution >= 4 is 37.2 Å². The summed E-state index contributed by atoms with van der Waals surface area (Å²) in [6.07, 6.45) is 1.38. The molecule has 2 saturated heterocycles. The quantitative estimate of drug-likeness (QED) is 0.330. The molecule has 5 rings (SSSR count). The minimum Gasteiger partial charge on any atom is -0.486 e. The second kappa shape index (κ2) is 12.6. The van der Waals surface area contributed by atoms with Crippen molar-refractivity contribution in [2.75, 3.05) is 80.5 Å². The molecule has 2 fully saturated rings. The van der Waals surface area contributed by atoms with Crippen LogP contribution in [-0.2, 0) is 20.8 Å². The van der Waals surface area contributed by atoms with Crippen LogP contribution in [0.15, 0.2) is 24.5 Å². The van der Waals surface area contributed by atoms with Crippen LogP contribution in [0.5, 0.6) is 5.75 Å². The van der Waals surface area contributed by atoms with E-state index in [2.05, 4.69) is 51.5 Å². The molecule has 0 radical (unpaired) electrons. The summed E-state index contributed by atoms with van der Waals surface area (Å²) in [5.74, 6) is 2.48. The maximum absolute atomic E-state index is 12.6. The first-order valence-electron chi connectivity index (χ1n) is 15.0. The van der Waals surface area contributed by atoms with E-state index in [4.69, 9.17) is 23.9 Å². The van der Waals surface area contributed by atoms with Crippen LogP contribution in [0.4, 0.5) is 27.8 Å². The van der Waals surface area contributed by atoms with Crippen LogP contribution in [0.3, 0.4) is 0 Å². The average Bonchev–Trinajstić information content (AvgIpc) is 3.11. The summed E-state index contributed by atoms with van der Waals surface area (Å²) in [4.78, 5) is 30.5. The van der Waals surface area contributed by atoms with E-state index in [-0.39, 0.29) is 6.09 Å². The third kappa shape index (κ3) is 7.45. The van der Waals surface area contributed by atoms with Gasteiger partial charge in [0, 0.05) is 59.6 Å². The van der Waals surface area contributed by atoms with Crippen molar-refractivity contribution in [2.45, 2.75) is 58.7 Å². The first kappa shape index (κ1) is 30.4. The maximum atomic E-state index is 12.6. The zero-order valence-electron chi connectivity index (χ0n) is 26.0. The van der Waals surface area contributed by atoms with E-state index in [0.717, 1.165) is 53.5 Å². The summed E-state index contributed by atoms with van der Waals surface area (Å²) in [5.41, 5.74) is 2.43. The highest BCUT2D eigenvalue weighted by atomic mass is 28.3. The fraction of sp³-hybridized carbons (Fsp3) is 0.633. The molecule has 12 heteroatoms. The minimum atomic E-state index is -1.24. The zero-order valence-corrected chi connectivity index (χ0v) is 27.0. The van der Waals surface area contributed by atoms with Crippen LogP contribution < -0.4 is 19.4 Å². The van der Waals surface area contributed by atoms with Gasteiger partial charge in [0.15, 0.2) is 0 Å². The van der Waals surface area contributed by atoms with Gasteiger partial charge >= 0.3 is 6.09 Å². The van der Waals surface area contributed by atoms with Crippen LogP contribution in [0.25, 0.3) is 0 Å². The van der Waals surface area contributed by atoms with E-state index in [9.17, 15) is 4.79 Å². The van der Waals surface area contributed by atoms with E-state index in [1.165, 1.54) is 0 Å². The van der Waals surface area contributed by atoms with Gasteiger partial charge in [-0.2, -0.15) is 0 Å². The number of rotatable bonds is 7. The minimum absolute atomic E-state index is 0.258. The normalized spacial score (nSPS) is 17.8. The zero-order chi connectivity index (χ0) is 29.9. The van der Waals surface area contributed by atoms with Crippen molar-refractivity contribution in [2.24, 2.45) is 0 Å². The predicted molar refractivity (Wildman–Crippen MR) is 167 cm³/mol. The lowest BCUT2D eigenvalue weighted by Gasteiger charge is -2.37. The molecule has 1 aromatic carbocycles. The van der Waals surface area contributed by atoms with Gasteiger partial charge < -0.3 is 33.6 Å². The number of ether oxygens (including phenoxy) is 4. The van der Waals surface area contributed by atoms with E-state index >= 15 is 0 Å². The van der Waals surface area contributed by atoms with Gasteiger partial charge in [-0.25, -0.2) is 14.8 Å². The average molecular weight is 599 g/mol. The van der Waals surface area contributed by atoms with E-state index < -0.39 is 13.7 Å². The van der Waals surface area contributed by atoms with Crippen LogP contribution >= 0.6 is 0 Å². The summed E-state index contributed by atoms with van der Waals surface area (Å²) < 4.78 is 23.9. The van der Waals surface area contributed by atoms with Crippen LogP contribution in [0, 0.1) is 0 Å². The molecular weight excluding hydrogens is 552 g/mol. The smallest absolute Gasteiger partial charge is 0.410 e. The Balaban J connectivity index is 1.40. The van der Waals surface area contributed by atoms with Crippen LogP contribution in [-0.4, -0.2) is 100 Å². The molecule has 11 nitrogen and oxygen atoms in total. The van der Waals surface area contributed by atoms with E-state index in [1.54, 1.807) is 11.2 Å². The Morgan fingerprint density at radius 3 is 2.38 bits per heavy atom. The summed E-state index contributed by atoms with van der Waals surface area (Å²) >= 11 is 0. The van der Waals surface area contributed by atoms with Gasteiger partial charge in [0.1, 0.15) is 42.7 Å². The molecule has 0 bridgehead atoms. The molecule has 3 aliphatic heterocycles. The summed E-state index contributed by atoms with van der Waals surface area (Å²) in [7, 11) is -1.24. The monoisotopic (exact) mass is 598 g/mol. The highest BCUT2D eigenvalue weighted by Gasteiger charge is 2.31. The van der Waals surface area contributed by atoms with Gasteiger partial charge in [-0.3, -0.25) is 4.90 Å². The van der Waals surface area contributed by atoms with Crippen molar-refractivity contribution in [1.82, 2.24) is 14.9 Å². The Hall–Kier alpha value is -3.09. The second-order valence-corrected chi connectivity index (χ2v) is 18.9. The predicted octanol–water partition coefficient (Wildman–Crippen LogP) is 4.71. The molecule has 42 heavy (non-hydrogen) atoms. The van der Waals surface area contributed by atoms with Crippen molar-refractivity contribution in [1.29, 1.82) is 0 Å². The molecule has 0 unspecified atom stereocenters. The standard InChI is InChI=1S/C30H46N6O5Si/c1-30(2,3)41-29(37)35-11-9-33(10-12-35)23-7-8-26-25(19-23)36(22-39-17-18-42(4,5)6)28-24(20-40-26)27(31-21-32-28)34-13-15-38-16-14-34/h7-8,19,21H,9-18,20,22H2,1-6H3. The number of anilines is 4. The second-order valence-electron chi connectivity index (χ2n) is 13.3. The number of piperazine rings is 1. The fourth-order valence-electron chi connectivity index (χ4n) is 5.24. The third-order valence-corrected chi connectivity index (χ3v) is 9.29. The fourth-order valence-corrected chi connectivity index (χ4v) is 6.00. The number of nitrogens with zero attached hydrogens (tertiary/aromatic N) is 6. The lowest BCUT2D eigenvalue weighted by atomic mass is 10.2. The lowest BCUT2D eigenvalue weighted by molar-refractivity contribution is 0.0240. The maximum Gasteiger partial charge on any atom is 0.410 e. The van der Waals surface area contributed by atoms with Crippen molar-refractivity contribution in [3.05, 3.63) is 30.1 Å². The van der Waals surface area contributed by atoms with E-state index in [1.807, 2.05) is 26.8 Å². The van der Waals surface area contributed by atoms with Crippen molar-refractivity contribution in [3.63, 3.8) is 0 Å². The number of amides is 1. The number of carbonyl (C=O) groups excluding carboxylic acids is 1. The molecule has 2 aromatic rings. The molecule has 0 aliphatic carbocycles. The number of morpholine rings is 1. The molecule has 0 N–H and O–H groups in total. The molecule has 1 aromatic heterocycles. The third-order valence-electron chi connectivity index (χ3n) is 7.58. The van der Waals surface area contributed by atoms with Gasteiger partial charge in [-0.1, -0.05) is 19.6 Å². The Morgan fingerprint density at radius 2 is 1.69 bits per heavy atom. The SMILES string of the molecule is CC(C)(C)OC(=O)N1CCN(c2ccc3c(c2)N(COCC[Si](C)(C)C)c2ncnc(N4CCOCC4)c2CO3)CC1. The molecule has 0 spiro atoms. The van der Waals surface area contributed by atoms with Gasteiger partial charge in [0.25, 0.3) is 0 Å². The van der Waals surface area contributed by atoms with Crippen molar-refractivity contribution in [3.8, 4) is 5.75 Å². The molecule has 230 valence electrons. The van der Waals surface area contributed by atoms with Gasteiger partial charge in [0.05, 0.1) is 24.5 Å². The Kier molecular flexibility index (Phi) is 9.14. The largest absolute Gasteiger partial charge is 0.486 e. The first-order chi connectivity index (χ1) is 20.0. The Morgan fingerprint density at radius 1 is 0.976 bits per heavy atom. The molecule has 4 heterocycles. The number of carbonyl (C=O) groups is 1. The summed E-state index contributed by atoms with van der Waals surface area (Å²) in [5, 5.41) is 0. The number of hydrogen-bond donors (Lipinski definition) is 0. The van der Waals surface area contributed by atoms with Gasteiger partial charge in [0.2, 0.25) is 0 Å². The Labute approximate surface area is 250 Å². The van der Waals surface area contributed by atoms with Gasteiger partial charge in [-0.05, 0) is 45.0 Å². The highest BCUT2D eigenvalue weighted by Crippen LogP contribution is 2.42. The van der Waals surface area contributed by atoms with Crippen LogP contribution in [0.1, 0.15) is 26.3 Å². The molecule has 3 aliphatic rings. The van der Waals surface area contributed by atoms with E-state index in [0.29, 0.717) is 59.3 Å². The topological polar surface area (TPSA) is 92.7 Å². The molecule has 0 atom stereocenters. The number of aromatic nitrogens is 2. The number of benzene rings is 1. The summed E-state index contributed by atoms with van der Waals surface area (Å²) in [6.45, 7) is 19.7. The molecular formula is C30H46N6O5Si. The van der Waals surface area contributed by atoms with Crippen LogP contribution in [0.2, 0.25) is 25.7 Å². The lowest BCUT2D eigenvalue weighted by Crippen LogP contribution is -2.50. The molecule has 1 amide bonds. The molecule has 0 saturated carbocycles. The highest BCUT2D eigenvalue weighted by molar-refractivity contribution is 6.76. The van der Waals surface area contributed by atoms with Crippen molar-refractivity contribution < 1.29 is 23.7 Å². The number of hydrogen-bond acceptors (Lipinski definition) is 10.